The normalized spacial score (nSPS) is 16.1. The molecule has 1 aromatic carbocycles. The van der Waals surface area contributed by atoms with E-state index in [1.807, 2.05) is 0 Å². The molecule has 1 aliphatic carbocycles. The van der Waals surface area contributed by atoms with E-state index in [0.29, 0.717) is 16.5 Å². The van der Waals surface area contributed by atoms with E-state index in [1.54, 1.807) is 31.2 Å². The Kier molecular flexibility index (Phi) is 9.11. The third-order valence-corrected chi connectivity index (χ3v) is 4.69. The number of hydrazone groups is 1. The molecule has 0 spiro atoms. The SMILES string of the molecule is CC(CC(=O)NC1CCCCCCC1)=NNC(=O)COc1ccc(Cl)cc1. The molecule has 6 nitrogen and oxygen atoms in total. The van der Waals surface area contributed by atoms with Crippen LogP contribution in [0.2, 0.25) is 5.02 Å². The van der Waals surface area contributed by atoms with Gasteiger partial charge in [0, 0.05) is 16.8 Å². The second-order valence-electron chi connectivity index (χ2n) is 6.91. The first-order valence-corrected chi connectivity index (χ1v) is 9.90. The molecule has 0 radical (unpaired) electrons. The van der Waals surface area contributed by atoms with Crippen LogP contribution < -0.4 is 15.5 Å². The average molecular weight is 394 g/mol. The largest absolute Gasteiger partial charge is 0.484 e. The lowest BCUT2D eigenvalue weighted by Crippen LogP contribution is -2.36. The molecule has 1 saturated carbocycles. The van der Waals surface area contributed by atoms with Crippen molar-refractivity contribution in [2.75, 3.05) is 6.61 Å². The Balaban J connectivity index is 1.68. The average Bonchev–Trinajstić information content (AvgIpc) is 2.61. The quantitative estimate of drug-likeness (QED) is 0.545. The fraction of sp³-hybridized carbons (Fsp3) is 0.550. The third kappa shape index (κ3) is 8.91. The van der Waals surface area contributed by atoms with Crippen LogP contribution in [0.1, 0.15) is 58.3 Å². The van der Waals surface area contributed by atoms with Crippen LogP contribution in [0.4, 0.5) is 0 Å². The summed E-state index contributed by atoms with van der Waals surface area (Å²) < 4.78 is 5.34. The van der Waals surface area contributed by atoms with E-state index in [0.717, 1.165) is 12.8 Å². The van der Waals surface area contributed by atoms with Crippen LogP contribution in [0.5, 0.6) is 5.75 Å². The Hall–Kier alpha value is -2.08. The predicted molar refractivity (Wildman–Crippen MR) is 107 cm³/mol. The summed E-state index contributed by atoms with van der Waals surface area (Å²) in [6.45, 7) is 1.56. The Morgan fingerprint density at radius 1 is 1.07 bits per heavy atom. The minimum absolute atomic E-state index is 0.0477. The minimum atomic E-state index is -0.385. The van der Waals surface area contributed by atoms with E-state index < -0.39 is 0 Å². The van der Waals surface area contributed by atoms with Crippen LogP contribution >= 0.6 is 11.6 Å². The van der Waals surface area contributed by atoms with Crippen LogP contribution in [0.15, 0.2) is 29.4 Å². The molecular weight excluding hydrogens is 366 g/mol. The summed E-state index contributed by atoms with van der Waals surface area (Å²) in [7, 11) is 0. The molecule has 0 aliphatic heterocycles. The Labute approximate surface area is 165 Å². The molecule has 148 valence electrons. The van der Waals surface area contributed by atoms with Crippen molar-refractivity contribution in [2.24, 2.45) is 5.10 Å². The molecule has 0 heterocycles. The molecule has 1 fully saturated rings. The van der Waals surface area contributed by atoms with Crippen molar-refractivity contribution in [3.8, 4) is 5.75 Å². The lowest BCUT2D eigenvalue weighted by Gasteiger charge is -2.21. The zero-order valence-corrected chi connectivity index (χ0v) is 16.6. The standard InChI is InChI=1S/C20H28ClN3O3/c1-15(13-19(25)22-17-7-5-3-2-4-6-8-17)23-24-20(26)14-27-18-11-9-16(21)10-12-18/h9-12,17H,2-8,13-14H2,1H3,(H,22,25)(H,24,26). The number of benzene rings is 1. The first-order valence-electron chi connectivity index (χ1n) is 9.52. The van der Waals surface area contributed by atoms with Crippen LogP contribution in [0.3, 0.4) is 0 Å². The summed E-state index contributed by atoms with van der Waals surface area (Å²) in [6.07, 6.45) is 8.39. The number of carbonyl (C=O) groups is 2. The maximum absolute atomic E-state index is 12.2. The van der Waals surface area contributed by atoms with Crippen molar-refractivity contribution in [2.45, 2.75) is 64.3 Å². The van der Waals surface area contributed by atoms with Crippen LogP contribution in [-0.4, -0.2) is 30.2 Å². The van der Waals surface area contributed by atoms with Crippen LogP contribution in [0.25, 0.3) is 0 Å². The number of halogens is 1. The van der Waals surface area contributed by atoms with Gasteiger partial charge in [-0.2, -0.15) is 5.10 Å². The van der Waals surface area contributed by atoms with Crippen molar-refractivity contribution in [3.05, 3.63) is 29.3 Å². The zero-order valence-electron chi connectivity index (χ0n) is 15.8. The molecule has 2 rings (SSSR count). The van der Waals surface area contributed by atoms with E-state index >= 15 is 0 Å². The van der Waals surface area contributed by atoms with Gasteiger partial charge in [-0.3, -0.25) is 9.59 Å². The summed E-state index contributed by atoms with van der Waals surface area (Å²) in [5.74, 6) is 0.118. The number of nitrogens with one attached hydrogen (secondary N) is 2. The fourth-order valence-electron chi connectivity index (χ4n) is 3.02. The second-order valence-corrected chi connectivity index (χ2v) is 7.35. The zero-order chi connectivity index (χ0) is 19.5. The topological polar surface area (TPSA) is 79.8 Å². The first-order chi connectivity index (χ1) is 13.0. The summed E-state index contributed by atoms with van der Waals surface area (Å²) in [4.78, 5) is 24.0. The number of hydrogen-bond donors (Lipinski definition) is 2. The maximum Gasteiger partial charge on any atom is 0.277 e. The molecule has 0 unspecified atom stereocenters. The maximum atomic E-state index is 12.2. The van der Waals surface area contributed by atoms with Gasteiger partial charge in [-0.15, -0.1) is 0 Å². The highest BCUT2D eigenvalue weighted by atomic mass is 35.5. The van der Waals surface area contributed by atoms with E-state index in [2.05, 4.69) is 15.8 Å². The van der Waals surface area contributed by atoms with Gasteiger partial charge in [0.05, 0.1) is 6.42 Å². The number of ether oxygens (including phenoxy) is 1. The summed E-state index contributed by atoms with van der Waals surface area (Å²) in [6, 6.07) is 7.00. The number of hydrogen-bond acceptors (Lipinski definition) is 4. The third-order valence-electron chi connectivity index (χ3n) is 4.44. The Bertz CT molecular complexity index is 638. The van der Waals surface area contributed by atoms with Crippen molar-refractivity contribution < 1.29 is 14.3 Å². The van der Waals surface area contributed by atoms with Crippen LogP contribution in [0, 0.1) is 0 Å². The predicted octanol–water partition coefficient (Wildman–Crippen LogP) is 3.83. The molecule has 0 bridgehead atoms. The van der Waals surface area contributed by atoms with Gasteiger partial charge in [0.2, 0.25) is 5.91 Å². The van der Waals surface area contributed by atoms with E-state index in [9.17, 15) is 9.59 Å². The smallest absolute Gasteiger partial charge is 0.277 e. The molecule has 0 atom stereocenters. The van der Waals surface area contributed by atoms with E-state index in [4.69, 9.17) is 16.3 Å². The highest BCUT2D eigenvalue weighted by molar-refractivity contribution is 6.30. The minimum Gasteiger partial charge on any atom is -0.484 e. The second kappa shape index (κ2) is 11.6. The fourth-order valence-corrected chi connectivity index (χ4v) is 3.15. The molecule has 1 aliphatic rings. The molecule has 2 N–H and O–H groups in total. The lowest BCUT2D eigenvalue weighted by atomic mass is 9.96. The molecule has 1 aromatic rings. The molecule has 0 aromatic heterocycles. The summed E-state index contributed by atoms with van der Waals surface area (Å²) >= 11 is 5.79. The van der Waals surface area contributed by atoms with Gasteiger partial charge in [0.25, 0.3) is 5.91 Å². The number of rotatable bonds is 7. The molecule has 0 saturated heterocycles. The summed E-state index contributed by atoms with van der Waals surface area (Å²) in [5.41, 5.74) is 2.96. The van der Waals surface area contributed by atoms with Gasteiger partial charge in [0.15, 0.2) is 6.61 Å². The van der Waals surface area contributed by atoms with Crippen LogP contribution in [-0.2, 0) is 9.59 Å². The Morgan fingerprint density at radius 3 is 2.37 bits per heavy atom. The number of nitrogens with zero attached hydrogens (tertiary/aromatic N) is 1. The van der Waals surface area contributed by atoms with Gasteiger partial charge in [0.1, 0.15) is 5.75 Å². The highest BCUT2D eigenvalue weighted by Crippen LogP contribution is 2.17. The van der Waals surface area contributed by atoms with Gasteiger partial charge in [-0.1, -0.05) is 43.7 Å². The highest BCUT2D eigenvalue weighted by Gasteiger charge is 2.14. The van der Waals surface area contributed by atoms with Crippen molar-refractivity contribution in [1.82, 2.24) is 10.7 Å². The van der Waals surface area contributed by atoms with Crippen molar-refractivity contribution >= 4 is 29.1 Å². The lowest BCUT2D eigenvalue weighted by molar-refractivity contribution is -0.123. The van der Waals surface area contributed by atoms with Gasteiger partial charge >= 0.3 is 0 Å². The monoisotopic (exact) mass is 393 g/mol. The Morgan fingerprint density at radius 2 is 1.70 bits per heavy atom. The molecule has 27 heavy (non-hydrogen) atoms. The van der Waals surface area contributed by atoms with Gasteiger partial charge in [-0.25, -0.2) is 5.43 Å². The van der Waals surface area contributed by atoms with E-state index in [1.165, 1.54) is 32.1 Å². The summed E-state index contributed by atoms with van der Waals surface area (Å²) in [5, 5.41) is 7.66. The number of carbonyl (C=O) groups excluding carboxylic acids is 2. The van der Waals surface area contributed by atoms with Gasteiger partial charge < -0.3 is 10.1 Å². The van der Waals surface area contributed by atoms with Crippen molar-refractivity contribution in [3.63, 3.8) is 0 Å². The molecule has 2 amide bonds. The first kappa shape index (κ1) is 21.2. The van der Waals surface area contributed by atoms with E-state index in [-0.39, 0.29) is 30.9 Å². The number of amides is 2. The molecule has 7 heteroatoms. The van der Waals surface area contributed by atoms with Gasteiger partial charge in [-0.05, 0) is 44.0 Å². The van der Waals surface area contributed by atoms with Crippen molar-refractivity contribution in [1.29, 1.82) is 0 Å². The molecular formula is C20H28ClN3O3.